The maximum atomic E-state index is 14.7. The predicted molar refractivity (Wildman–Crippen MR) is 143 cm³/mol. The highest BCUT2D eigenvalue weighted by atomic mass is 19.1. The van der Waals surface area contributed by atoms with Crippen molar-refractivity contribution in [1.82, 2.24) is 20.0 Å². The summed E-state index contributed by atoms with van der Waals surface area (Å²) in [5.74, 6) is -0.484. The number of halogens is 1. The van der Waals surface area contributed by atoms with E-state index in [4.69, 9.17) is 9.47 Å². The number of pyridine rings is 1. The molecule has 2 heterocycles. The molecule has 0 amide bonds. The molecule has 8 nitrogen and oxygen atoms in total. The molecule has 0 spiro atoms. The summed E-state index contributed by atoms with van der Waals surface area (Å²) >= 11 is 0. The number of carbonyl (C=O) groups is 1. The van der Waals surface area contributed by atoms with Gasteiger partial charge in [0.1, 0.15) is 18.2 Å². The number of rotatable bonds is 11. The van der Waals surface area contributed by atoms with Crippen molar-refractivity contribution < 1.29 is 23.8 Å². The summed E-state index contributed by atoms with van der Waals surface area (Å²) in [6.45, 7) is 5.19. The van der Waals surface area contributed by atoms with Gasteiger partial charge in [-0.15, -0.1) is 0 Å². The Bertz CT molecular complexity index is 1460. The highest BCUT2D eigenvalue weighted by molar-refractivity contribution is 5.78. The van der Waals surface area contributed by atoms with Crippen molar-refractivity contribution in [3.63, 3.8) is 0 Å². The second kappa shape index (κ2) is 11.6. The number of hydrogen-bond acceptors (Lipinski definition) is 6. The monoisotopic (exact) mass is 530 g/mol. The number of carboxylic acids is 1. The lowest BCUT2D eigenvalue weighted by molar-refractivity contribution is -0.139. The number of unbranched alkanes of at least 4 members (excludes halogenated alkanes) is 1. The van der Waals surface area contributed by atoms with E-state index in [0.29, 0.717) is 30.2 Å². The minimum atomic E-state index is -0.808. The third-order valence-corrected chi connectivity index (χ3v) is 7.11. The zero-order valence-corrected chi connectivity index (χ0v) is 22.0. The van der Waals surface area contributed by atoms with Crippen molar-refractivity contribution >= 4 is 5.97 Å². The molecule has 1 N–H and O–H groups in total. The molecule has 9 heteroatoms. The molecule has 0 radical (unpaired) electrons. The van der Waals surface area contributed by atoms with Crippen molar-refractivity contribution in [2.24, 2.45) is 5.92 Å². The maximum Gasteiger partial charge on any atom is 0.311 e. The molecule has 0 aliphatic heterocycles. The molecule has 0 fully saturated rings. The fourth-order valence-electron chi connectivity index (χ4n) is 5.13. The zero-order chi connectivity index (χ0) is 27.4. The standard InChI is InChI=1S/C30H31FN4O4/c1-19-15-22-17-24(6-7-26(22)29(19)30(36)37)39-18-23-16-21(5-9-27(23)31)25-8-10-28(34-20(25)2)38-14-4-3-13-35-32-11-12-33-35/h5-12,16-17,19,29H,3-4,13-15,18H2,1-2H3,(H,36,37). The molecule has 5 rings (SSSR count). The van der Waals surface area contributed by atoms with Gasteiger partial charge in [-0.25, -0.2) is 9.37 Å². The second-order valence-corrected chi connectivity index (χ2v) is 9.92. The normalized spacial score (nSPS) is 16.2. The SMILES string of the molecule is Cc1nc(OCCCCn2nccn2)ccc1-c1ccc(F)c(COc2ccc3c(c2)CC(C)C3C(=O)O)c1. The minimum absolute atomic E-state index is 0.0284. The van der Waals surface area contributed by atoms with Crippen LogP contribution in [0.1, 0.15) is 48.1 Å². The van der Waals surface area contributed by atoms with Gasteiger partial charge < -0.3 is 14.6 Å². The van der Waals surface area contributed by atoms with Gasteiger partial charge in [0.05, 0.1) is 31.5 Å². The summed E-state index contributed by atoms with van der Waals surface area (Å²) in [4.78, 5) is 17.9. The molecular weight excluding hydrogens is 499 g/mol. The second-order valence-electron chi connectivity index (χ2n) is 9.92. The summed E-state index contributed by atoms with van der Waals surface area (Å²) in [6, 6.07) is 14.2. The van der Waals surface area contributed by atoms with Crippen LogP contribution in [0, 0.1) is 18.7 Å². The lowest BCUT2D eigenvalue weighted by Crippen LogP contribution is -2.14. The van der Waals surface area contributed by atoms with E-state index in [0.717, 1.165) is 47.3 Å². The molecule has 1 aliphatic rings. The molecule has 4 aromatic rings. The highest BCUT2D eigenvalue weighted by Gasteiger charge is 2.34. The Hall–Kier alpha value is -4.27. The van der Waals surface area contributed by atoms with E-state index in [1.807, 2.05) is 38.1 Å². The number of ether oxygens (including phenoxy) is 2. The molecular formula is C30H31FN4O4. The van der Waals surface area contributed by atoms with Crippen LogP contribution in [0.15, 0.2) is 60.9 Å². The van der Waals surface area contributed by atoms with Crippen LogP contribution in [0.2, 0.25) is 0 Å². The fourth-order valence-corrected chi connectivity index (χ4v) is 5.13. The smallest absolute Gasteiger partial charge is 0.311 e. The number of aliphatic carboxylic acids is 1. The molecule has 2 aromatic carbocycles. The van der Waals surface area contributed by atoms with E-state index in [1.54, 1.807) is 35.4 Å². The third-order valence-electron chi connectivity index (χ3n) is 7.11. The van der Waals surface area contributed by atoms with Crippen LogP contribution in [0.3, 0.4) is 0 Å². The number of nitrogens with zero attached hydrogens (tertiary/aromatic N) is 4. The van der Waals surface area contributed by atoms with E-state index in [-0.39, 0.29) is 18.3 Å². The number of hydrogen-bond donors (Lipinski definition) is 1. The Balaban J connectivity index is 1.20. The van der Waals surface area contributed by atoms with Crippen LogP contribution in [0.5, 0.6) is 11.6 Å². The molecule has 0 saturated heterocycles. The van der Waals surface area contributed by atoms with E-state index >= 15 is 0 Å². The number of aryl methyl sites for hydroxylation is 2. The van der Waals surface area contributed by atoms with E-state index in [1.165, 1.54) is 6.07 Å². The highest BCUT2D eigenvalue weighted by Crippen LogP contribution is 2.39. The Morgan fingerprint density at radius 2 is 1.90 bits per heavy atom. The molecule has 2 atom stereocenters. The van der Waals surface area contributed by atoms with Gasteiger partial charge in [0.15, 0.2) is 0 Å². The van der Waals surface area contributed by atoms with Gasteiger partial charge in [-0.05, 0) is 79.1 Å². The maximum absolute atomic E-state index is 14.7. The minimum Gasteiger partial charge on any atom is -0.489 e. The largest absolute Gasteiger partial charge is 0.489 e. The predicted octanol–water partition coefficient (Wildman–Crippen LogP) is 5.59. The number of aromatic nitrogens is 4. The van der Waals surface area contributed by atoms with Crippen LogP contribution in [-0.4, -0.2) is 37.7 Å². The van der Waals surface area contributed by atoms with Gasteiger partial charge in [0, 0.05) is 22.9 Å². The molecule has 2 aromatic heterocycles. The molecule has 39 heavy (non-hydrogen) atoms. The average molecular weight is 531 g/mol. The number of benzene rings is 2. The molecule has 202 valence electrons. The molecule has 2 unspecified atom stereocenters. The average Bonchev–Trinajstić information content (AvgIpc) is 3.55. The van der Waals surface area contributed by atoms with Crippen LogP contribution >= 0.6 is 0 Å². The Kier molecular flexibility index (Phi) is 7.86. The van der Waals surface area contributed by atoms with Crippen LogP contribution < -0.4 is 9.47 Å². The summed E-state index contributed by atoms with van der Waals surface area (Å²) in [7, 11) is 0. The van der Waals surface area contributed by atoms with Gasteiger partial charge in [0.25, 0.3) is 0 Å². The Morgan fingerprint density at radius 3 is 2.67 bits per heavy atom. The van der Waals surface area contributed by atoms with Crippen molar-refractivity contribution in [2.45, 2.75) is 52.2 Å². The molecule has 0 saturated carbocycles. The van der Waals surface area contributed by atoms with Crippen molar-refractivity contribution in [3.05, 3.63) is 89.1 Å². The summed E-state index contributed by atoms with van der Waals surface area (Å²) < 4.78 is 26.4. The van der Waals surface area contributed by atoms with Crippen molar-refractivity contribution in [3.8, 4) is 22.8 Å². The topological polar surface area (TPSA) is 99.4 Å². The van der Waals surface area contributed by atoms with E-state index in [2.05, 4.69) is 15.2 Å². The fraction of sp³-hybridized carbons (Fsp3) is 0.333. The van der Waals surface area contributed by atoms with Crippen molar-refractivity contribution in [2.75, 3.05) is 6.61 Å². The van der Waals surface area contributed by atoms with Gasteiger partial charge in [-0.2, -0.15) is 15.0 Å². The van der Waals surface area contributed by atoms with Crippen LogP contribution in [0.25, 0.3) is 11.1 Å². The number of carboxylic acid groups (broad SMARTS) is 1. The summed E-state index contributed by atoms with van der Waals surface area (Å²) in [5.41, 5.74) is 4.74. The van der Waals surface area contributed by atoms with Gasteiger partial charge >= 0.3 is 5.97 Å². The van der Waals surface area contributed by atoms with Gasteiger partial charge in [-0.3, -0.25) is 4.79 Å². The molecule has 1 aliphatic carbocycles. The van der Waals surface area contributed by atoms with Gasteiger partial charge in [-0.1, -0.05) is 19.1 Å². The number of fused-ring (bicyclic) bond motifs is 1. The first-order chi connectivity index (χ1) is 18.9. The molecule has 0 bridgehead atoms. The lowest BCUT2D eigenvalue weighted by Gasteiger charge is -2.13. The van der Waals surface area contributed by atoms with Crippen LogP contribution in [-0.2, 0) is 24.4 Å². The Labute approximate surface area is 226 Å². The van der Waals surface area contributed by atoms with Crippen LogP contribution in [0.4, 0.5) is 4.39 Å². The summed E-state index contributed by atoms with van der Waals surface area (Å²) in [5, 5.41) is 17.7. The van der Waals surface area contributed by atoms with Gasteiger partial charge in [0.2, 0.25) is 5.88 Å². The first-order valence-electron chi connectivity index (χ1n) is 13.1. The third kappa shape index (κ3) is 6.08. The van der Waals surface area contributed by atoms with E-state index in [9.17, 15) is 14.3 Å². The lowest BCUT2D eigenvalue weighted by atomic mass is 9.94. The first kappa shape index (κ1) is 26.3. The first-order valence-corrected chi connectivity index (χ1v) is 13.1. The van der Waals surface area contributed by atoms with Crippen molar-refractivity contribution in [1.29, 1.82) is 0 Å². The quantitative estimate of drug-likeness (QED) is 0.253. The summed E-state index contributed by atoms with van der Waals surface area (Å²) in [6.07, 6.45) is 5.77. The van der Waals surface area contributed by atoms with E-state index < -0.39 is 11.9 Å². The zero-order valence-electron chi connectivity index (χ0n) is 22.0. The Morgan fingerprint density at radius 1 is 1.08 bits per heavy atom.